The molecule has 0 unspecified atom stereocenters. The van der Waals surface area contributed by atoms with Crippen LogP contribution in [0.5, 0.6) is 0 Å². The quantitative estimate of drug-likeness (QED) is 0.623. The molecule has 142 valence electrons. The molecule has 2 N–H and O–H groups in total. The molecular weight excluding hydrogens is 345 g/mol. The van der Waals surface area contributed by atoms with E-state index in [0.717, 1.165) is 6.42 Å². The van der Waals surface area contributed by atoms with Crippen LogP contribution >= 0.6 is 7.26 Å². The van der Waals surface area contributed by atoms with E-state index in [1.165, 1.54) is 15.9 Å². The van der Waals surface area contributed by atoms with Gasteiger partial charge in [0.05, 0.1) is 0 Å². The molecule has 27 heavy (non-hydrogen) atoms. The van der Waals surface area contributed by atoms with Crippen LogP contribution in [0.3, 0.4) is 0 Å². The van der Waals surface area contributed by atoms with Crippen LogP contribution in [0.15, 0.2) is 91.0 Å². The van der Waals surface area contributed by atoms with Gasteiger partial charge < -0.3 is 0 Å². The summed E-state index contributed by atoms with van der Waals surface area (Å²) in [5.74, 6) is 0. The Labute approximate surface area is 165 Å². The van der Waals surface area contributed by atoms with Crippen LogP contribution in [0.2, 0.25) is 0 Å². The van der Waals surface area contributed by atoms with Crippen molar-refractivity contribution >= 4 is 23.2 Å². The zero-order valence-electron chi connectivity index (χ0n) is 16.9. The molecule has 0 radical (unpaired) electrons. The van der Waals surface area contributed by atoms with E-state index in [2.05, 4.69) is 119 Å². The zero-order chi connectivity index (χ0) is 19.5. The molecule has 0 aliphatic carbocycles. The monoisotopic (exact) mass is 377 g/mol. The van der Waals surface area contributed by atoms with Gasteiger partial charge >= 0.3 is 165 Å². The van der Waals surface area contributed by atoms with Gasteiger partial charge in [0.15, 0.2) is 0 Å². The first-order valence-corrected chi connectivity index (χ1v) is 11.7. The first kappa shape index (κ1) is 19.8. The maximum absolute atomic E-state index is 6.57. The number of rotatable bonds is 6. The second-order valence-corrected chi connectivity index (χ2v) is 13.5. The number of nitrogens with two attached hydrogens (primary N) is 1. The van der Waals surface area contributed by atoms with Gasteiger partial charge in [-0.15, -0.1) is 0 Å². The van der Waals surface area contributed by atoms with Crippen LogP contribution in [-0.4, -0.2) is 10.7 Å². The van der Waals surface area contributed by atoms with Crippen LogP contribution in [0.4, 0.5) is 0 Å². The third kappa shape index (κ3) is 3.86. The average Bonchev–Trinajstić information content (AvgIpc) is 2.63. The van der Waals surface area contributed by atoms with Crippen molar-refractivity contribution in [1.82, 2.24) is 0 Å². The molecule has 3 aromatic carbocycles. The van der Waals surface area contributed by atoms with E-state index in [9.17, 15) is 0 Å². The molecule has 0 atom stereocenters. The van der Waals surface area contributed by atoms with E-state index >= 15 is 0 Å². The average molecular weight is 378 g/mol. The van der Waals surface area contributed by atoms with Crippen molar-refractivity contribution in [3.05, 3.63) is 91.0 Å². The summed E-state index contributed by atoms with van der Waals surface area (Å²) in [7, 11) is -2.34. The fraction of sp³-hybridized carbons (Fsp3) is 0.280. The van der Waals surface area contributed by atoms with Crippen molar-refractivity contribution in [3.63, 3.8) is 0 Å². The van der Waals surface area contributed by atoms with Crippen molar-refractivity contribution < 1.29 is 0 Å². The molecule has 2 heteroatoms. The summed E-state index contributed by atoms with van der Waals surface area (Å²) < 4.78 is 0. The van der Waals surface area contributed by atoms with Gasteiger partial charge in [-0.05, 0) is 0 Å². The minimum absolute atomic E-state index is 0.0231. The molecule has 0 saturated carbocycles. The van der Waals surface area contributed by atoms with Crippen LogP contribution in [0, 0.1) is 0 Å². The topological polar surface area (TPSA) is 26.0 Å². The van der Waals surface area contributed by atoms with E-state index in [-0.39, 0.29) is 10.7 Å². The predicted molar refractivity (Wildman–Crippen MR) is 124 cm³/mol. The first-order chi connectivity index (χ1) is 12.8. The van der Waals surface area contributed by atoms with Crippen molar-refractivity contribution in [2.45, 2.75) is 44.8 Å². The molecule has 0 saturated heterocycles. The minimum atomic E-state index is -2.34. The molecule has 3 aromatic rings. The third-order valence-corrected chi connectivity index (χ3v) is 11.3. The standard InChI is InChI=1S/C25H32NP/c1-24(2,26)20-25(3,4)27(21-14-8-5-9-15-21,22-16-10-6-11-17-22)23-18-12-7-13-19-23/h5-19,27H,20,26H2,1-4H3. The number of hydrogen-bond donors (Lipinski definition) is 1. The normalized spacial score (nSPS) is 13.4. The van der Waals surface area contributed by atoms with Crippen molar-refractivity contribution in [2.75, 3.05) is 0 Å². The summed E-state index contributed by atoms with van der Waals surface area (Å²) in [6, 6.07) is 33.3. The van der Waals surface area contributed by atoms with E-state index in [4.69, 9.17) is 5.73 Å². The zero-order valence-corrected chi connectivity index (χ0v) is 17.9. The third-order valence-electron chi connectivity index (χ3n) is 5.53. The molecule has 0 aliphatic heterocycles. The molecule has 0 bridgehead atoms. The Balaban J connectivity index is 2.40. The Hall–Kier alpha value is -1.95. The Morgan fingerprint density at radius 2 is 0.889 bits per heavy atom. The fourth-order valence-corrected chi connectivity index (χ4v) is 11.2. The molecule has 1 nitrogen and oxygen atoms in total. The SMILES string of the molecule is CC(C)(N)CC(C)(C)[PH](c1ccccc1)(c1ccccc1)c1ccccc1. The molecule has 0 spiro atoms. The molecule has 0 heterocycles. The molecule has 0 fully saturated rings. The van der Waals surface area contributed by atoms with Gasteiger partial charge in [0.1, 0.15) is 0 Å². The Morgan fingerprint density at radius 3 is 1.15 bits per heavy atom. The Kier molecular flexibility index (Phi) is 5.56. The van der Waals surface area contributed by atoms with Gasteiger partial charge in [-0.25, -0.2) is 0 Å². The van der Waals surface area contributed by atoms with Gasteiger partial charge in [0, 0.05) is 0 Å². The van der Waals surface area contributed by atoms with Gasteiger partial charge in [0.25, 0.3) is 0 Å². The number of hydrogen-bond acceptors (Lipinski definition) is 1. The van der Waals surface area contributed by atoms with Gasteiger partial charge in [-0.2, -0.15) is 0 Å². The summed E-state index contributed by atoms with van der Waals surface area (Å²) in [5.41, 5.74) is 6.34. The van der Waals surface area contributed by atoms with Crippen LogP contribution in [0.25, 0.3) is 0 Å². The van der Waals surface area contributed by atoms with Crippen LogP contribution < -0.4 is 21.6 Å². The van der Waals surface area contributed by atoms with Gasteiger partial charge in [0.2, 0.25) is 0 Å². The molecule has 0 amide bonds. The van der Waals surface area contributed by atoms with Crippen molar-refractivity contribution in [1.29, 1.82) is 0 Å². The molecule has 0 aliphatic rings. The molecular formula is C25H32NP. The summed E-state index contributed by atoms with van der Waals surface area (Å²) >= 11 is 0. The van der Waals surface area contributed by atoms with E-state index in [1.54, 1.807) is 0 Å². The molecule has 0 aromatic heterocycles. The first-order valence-electron chi connectivity index (χ1n) is 9.73. The van der Waals surface area contributed by atoms with Gasteiger partial charge in [-0.3, -0.25) is 0 Å². The van der Waals surface area contributed by atoms with E-state index in [1.807, 2.05) is 0 Å². The predicted octanol–water partition coefficient (Wildman–Crippen LogP) is 4.62. The Morgan fingerprint density at radius 1 is 0.593 bits per heavy atom. The van der Waals surface area contributed by atoms with Crippen molar-refractivity contribution in [3.8, 4) is 0 Å². The van der Waals surface area contributed by atoms with Gasteiger partial charge in [-0.1, -0.05) is 0 Å². The van der Waals surface area contributed by atoms with Crippen LogP contribution in [-0.2, 0) is 0 Å². The second kappa shape index (κ2) is 7.58. The van der Waals surface area contributed by atoms with E-state index in [0.29, 0.717) is 0 Å². The Bertz CT molecular complexity index is 752. The molecule has 3 rings (SSSR count). The van der Waals surface area contributed by atoms with Crippen molar-refractivity contribution in [2.24, 2.45) is 5.73 Å². The fourth-order valence-electron chi connectivity index (χ4n) is 5.01. The summed E-state index contributed by atoms with van der Waals surface area (Å²) in [4.78, 5) is 0. The second-order valence-electron chi connectivity index (χ2n) is 8.90. The number of benzene rings is 3. The summed E-state index contributed by atoms with van der Waals surface area (Å²) in [5, 5.41) is 4.35. The maximum atomic E-state index is 6.57. The van der Waals surface area contributed by atoms with Crippen LogP contribution in [0.1, 0.15) is 34.1 Å². The summed E-state index contributed by atoms with van der Waals surface area (Å²) in [6.45, 7) is 9.13. The van der Waals surface area contributed by atoms with E-state index < -0.39 is 7.26 Å². The summed E-state index contributed by atoms with van der Waals surface area (Å²) in [6.07, 6.45) is 0.949.